The lowest BCUT2D eigenvalue weighted by Gasteiger charge is -2.12. The third-order valence-corrected chi connectivity index (χ3v) is 2.56. The molecule has 1 heterocycles. The summed E-state index contributed by atoms with van der Waals surface area (Å²) in [5.41, 5.74) is 8.55. The molecule has 1 unspecified atom stereocenters. The fraction of sp³-hybridized carbons (Fsp3) is 0.250. The van der Waals surface area contributed by atoms with Crippen LogP contribution in [0.4, 0.5) is 0 Å². The summed E-state index contributed by atoms with van der Waals surface area (Å²) in [6.45, 7) is 2.08. The first-order chi connectivity index (χ1) is 7.27. The van der Waals surface area contributed by atoms with Gasteiger partial charge in [-0.25, -0.2) is 4.98 Å². The van der Waals surface area contributed by atoms with Crippen LogP contribution < -0.4 is 5.73 Å². The van der Waals surface area contributed by atoms with Crippen molar-refractivity contribution in [1.29, 1.82) is 0 Å². The Kier molecular flexibility index (Phi) is 2.83. The second-order valence-corrected chi connectivity index (χ2v) is 3.70. The fourth-order valence-electron chi connectivity index (χ4n) is 1.73. The Morgan fingerprint density at radius 2 is 2.20 bits per heavy atom. The van der Waals surface area contributed by atoms with Crippen LogP contribution >= 0.6 is 0 Å². The number of hydrogen-bond acceptors (Lipinski definition) is 2. The van der Waals surface area contributed by atoms with Gasteiger partial charge in [0.2, 0.25) is 0 Å². The molecule has 0 aliphatic heterocycles. The first kappa shape index (κ1) is 9.93. The van der Waals surface area contributed by atoms with E-state index in [-0.39, 0.29) is 6.04 Å². The molecule has 0 aliphatic carbocycles. The van der Waals surface area contributed by atoms with Gasteiger partial charge in [-0.15, -0.1) is 0 Å². The van der Waals surface area contributed by atoms with Gasteiger partial charge in [0.15, 0.2) is 0 Å². The van der Waals surface area contributed by atoms with Crippen LogP contribution in [0.1, 0.15) is 23.0 Å². The number of nitrogens with two attached hydrogens (primary N) is 1. The quantitative estimate of drug-likeness (QED) is 0.797. The number of nitrogens with zero attached hydrogens (tertiary/aromatic N) is 1. The van der Waals surface area contributed by atoms with Gasteiger partial charge in [0.05, 0.1) is 0 Å². The minimum Gasteiger partial charge on any atom is -0.349 e. The second-order valence-electron chi connectivity index (χ2n) is 3.70. The summed E-state index contributed by atoms with van der Waals surface area (Å²) < 4.78 is 0. The van der Waals surface area contributed by atoms with E-state index >= 15 is 0 Å². The first-order valence-electron chi connectivity index (χ1n) is 5.06. The minimum absolute atomic E-state index is 0.0114. The number of aromatic nitrogens is 2. The summed E-state index contributed by atoms with van der Waals surface area (Å²) in [5, 5.41) is 0. The highest BCUT2D eigenvalue weighted by atomic mass is 14.9. The van der Waals surface area contributed by atoms with Gasteiger partial charge in [-0.3, -0.25) is 0 Å². The molecule has 0 bridgehead atoms. The Bertz CT molecular complexity index is 420. The molecule has 2 aromatic rings. The largest absolute Gasteiger partial charge is 0.349 e. The van der Waals surface area contributed by atoms with E-state index in [1.165, 1.54) is 11.1 Å². The van der Waals surface area contributed by atoms with Gasteiger partial charge in [-0.2, -0.15) is 0 Å². The number of H-pyrrole nitrogens is 1. The molecule has 1 atom stereocenters. The van der Waals surface area contributed by atoms with Gasteiger partial charge in [0, 0.05) is 24.9 Å². The molecule has 0 radical (unpaired) electrons. The number of aromatic amines is 1. The SMILES string of the molecule is Cc1ccccc1C(N)Cc1ncc[nH]1. The highest BCUT2D eigenvalue weighted by molar-refractivity contribution is 5.28. The van der Waals surface area contributed by atoms with E-state index in [2.05, 4.69) is 29.0 Å². The van der Waals surface area contributed by atoms with E-state index in [1.807, 2.05) is 18.3 Å². The van der Waals surface area contributed by atoms with Gasteiger partial charge in [-0.1, -0.05) is 24.3 Å². The zero-order chi connectivity index (χ0) is 10.7. The van der Waals surface area contributed by atoms with Gasteiger partial charge in [0.1, 0.15) is 5.82 Å². The average Bonchev–Trinajstić information content (AvgIpc) is 2.71. The lowest BCUT2D eigenvalue weighted by atomic mass is 9.99. The van der Waals surface area contributed by atoms with Crippen molar-refractivity contribution in [2.24, 2.45) is 5.73 Å². The minimum atomic E-state index is 0.0114. The highest BCUT2D eigenvalue weighted by Crippen LogP contribution is 2.17. The number of nitrogens with one attached hydrogen (secondary N) is 1. The van der Waals surface area contributed by atoms with Crippen LogP contribution in [0.5, 0.6) is 0 Å². The summed E-state index contributed by atoms with van der Waals surface area (Å²) in [6.07, 6.45) is 4.32. The average molecular weight is 201 g/mol. The van der Waals surface area contributed by atoms with Gasteiger partial charge in [-0.05, 0) is 18.1 Å². The van der Waals surface area contributed by atoms with Crippen LogP contribution in [0.15, 0.2) is 36.7 Å². The first-order valence-corrected chi connectivity index (χ1v) is 5.06. The van der Waals surface area contributed by atoms with Crippen molar-refractivity contribution in [1.82, 2.24) is 9.97 Å². The van der Waals surface area contributed by atoms with E-state index in [1.54, 1.807) is 6.20 Å². The van der Waals surface area contributed by atoms with E-state index in [0.29, 0.717) is 0 Å². The van der Waals surface area contributed by atoms with E-state index in [4.69, 9.17) is 5.73 Å². The Morgan fingerprint density at radius 1 is 1.40 bits per heavy atom. The predicted octanol–water partition coefficient (Wildman–Crippen LogP) is 1.96. The molecule has 3 heteroatoms. The molecule has 0 aliphatic rings. The van der Waals surface area contributed by atoms with Crippen LogP contribution in [0, 0.1) is 6.92 Å². The Morgan fingerprint density at radius 3 is 2.87 bits per heavy atom. The molecule has 1 aromatic carbocycles. The number of rotatable bonds is 3. The van der Waals surface area contributed by atoms with Crippen molar-refractivity contribution in [3.8, 4) is 0 Å². The summed E-state index contributed by atoms with van der Waals surface area (Å²) in [5.74, 6) is 0.936. The van der Waals surface area contributed by atoms with E-state index in [9.17, 15) is 0 Å². The number of benzene rings is 1. The zero-order valence-electron chi connectivity index (χ0n) is 8.77. The maximum absolute atomic E-state index is 6.13. The van der Waals surface area contributed by atoms with Crippen molar-refractivity contribution in [2.75, 3.05) is 0 Å². The molecular weight excluding hydrogens is 186 g/mol. The fourth-order valence-corrected chi connectivity index (χ4v) is 1.73. The van der Waals surface area contributed by atoms with Crippen molar-refractivity contribution >= 4 is 0 Å². The van der Waals surface area contributed by atoms with Crippen molar-refractivity contribution < 1.29 is 0 Å². The van der Waals surface area contributed by atoms with Gasteiger partial charge < -0.3 is 10.7 Å². The number of aryl methyl sites for hydroxylation is 1. The van der Waals surface area contributed by atoms with Gasteiger partial charge in [0.25, 0.3) is 0 Å². The molecule has 3 N–H and O–H groups in total. The number of hydrogen-bond donors (Lipinski definition) is 2. The molecule has 0 saturated heterocycles. The summed E-state index contributed by atoms with van der Waals surface area (Å²) in [6, 6.07) is 8.21. The highest BCUT2D eigenvalue weighted by Gasteiger charge is 2.09. The Balaban J connectivity index is 2.15. The van der Waals surface area contributed by atoms with Crippen molar-refractivity contribution in [3.05, 3.63) is 53.6 Å². The third-order valence-electron chi connectivity index (χ3n) is 2.56. The molecule has 0 saturated carbocycles. The molecule has 15 heavy (non-hydrogen) atoms. The molecule has 0 amide bonds. The van der Waals surface area contributed by atoms with Crippen LogP contribution in [0.25, 0.3) is 0 Å². The Labute approximate surface area is 89.4 Å². The zero-order valence-corrected chi connectivity index (χ0v) is 8.77. The smallest absolute Gasteiger partial charge is 0.107 e. The maximum Gasteiger partial charge on any atom is 0.107 e. The van der Waals surface area contributed by atoms with E-state index < -0.39 is 0 Å². The third kappa shape index (κ3) is 2.25. The molecular formula is C12H15N3. The lowest BCUT2D eigenvalue weighted by Crippen LogP contribution is -2.15. The molecule has 78 valence electrons. The van der Waals surface area contributed by atoms with Crippen molar-refractivity contribution in [3.63, 3.8) is 0 Å². The van der Waals surface area contributed by atoms with Crippen LogP contribution in [0.2, 0.25) is 0 Å². The Hall–Kier alpha value is -1.61. The monoisotopic (exact) mass is 201 g/mol. The lowest BCUT2D eigenvalue weighted by molar-refractivity contribution is 0.690. The van der Waals surface area contributed by atoms with Crippen LogP contribution in [0.3, 0.4) is 0 Å². The normalized spacial score (nSPS) is 12.7. The second kappa shape index (κ2) is 4.28. The summed E-state index contributed by atoms with van der Waals surface area (Å²) in [4.78, 5) is 7.24. The summed E-state index contributed by atoms with van der Waals surface area (Å²) >= 11 is 0. The molecule has 0 fully saturated rings. The summed E-state index contributed by atoms with van der Waals surface area (Å²) in [7, 11) is 0. The van der Waals surface area contributed by atoms with Gasteiger partial charge >= 0.3 is 0 Å². The molecule has 2 rings (SSSR count). The molecule has 0 spiro atoms. The van der Waals surface area contributed by atoms with Crippen LogP contribution in [-0.4, -0.2) is 9.97 Å². The molecule has 1 aromatic heterocycles. The topological polar surface area (TPSA) is 54.7 Å². The van der Waals surface area contributed by atoms with Crippen molar-refractivity contribution in [2.45, 2.75) is 19.4 Å². The van der Waals surface area contributed by atoms with Crippen LogP contribution in [-0.2, 0) is 6.42 Å². The predicted molar refractivity (Wildman–Crippen MR) is 60.4 cm³/mol. The standard InChI is InChI=1S/C12H15N3/c1-9-4-2-3-5-10(9)11(13)8-12-14-6-7-15-12/h2-7,11H,8,13H2,1H3,(H,14,15). The number of imidazole rings is 1. The maximum atomic E-state index is 6.13. The van der Waals surface area contributed by atoms with E-state index in [0.717, 1.165) is 12.2 Å². The molecule has 3 nitrogen and oxygen atoms in total.